The van der Waals surface area contributed by atoms with Gasteiger partial charge in [-0.3, -0.25) is 4.79 Å². The van der Waals surface area contributed by atoms with Gasteiger partial charge >= 0.3 is 0 Å². The molecule has 1 amide bonds. The maximum absolute atomic E-state index is 12.4. The van der Waals surface area contributed by atoms with Crippen molar-refractivity contribution >= 4 is 17.4 Å². The van der Waals surface area contributed by atoms with Gasteiger partial charge in [0.2, 0.25) is 0 Å². The number of amides is 1. The van der Waals surface area contributed by atoms with E-state index in [9.17, 15) is 4.79 Å². The van der Waals surface area contributed by atoms with Gasteiger partial charge in [-0.05, 0) is 51.6 Å². The van der Waals surface area contributed by atoms with Crippen molar-refractivity contribution in [1.29, 1.82) is 0 Å². The predicted molar refractivity (Wildman–Crippen MR) is 63.6 cm³/mol. The molecule has 5 heteroatoms. The van der Waals surface area contributed by atoms with Crippen LogP contribution in [0.25, 0.3) is 0 Å². The smallest absolute Gasteiger partial charge is 0.267 e. The molecule has 0 bridgehead atoms. The van der Waals surface area contributed by atoms with E-state index in [1.54, 1.807) is 0 Å². The molecule has 1 fully saturated rings. The van der Waals surface area contributed by atoms with Gasteiger partial charge in [0, 0.05) is 12.1 Å². The first kappa shape index (κ1) is 11.5. The molecule has 0 radical (unpaired) electrons. The summed E-state index contributed by atoms with van der Waals surface area (Å²) in [4.78, 5) is 15.0. The largest absolute Gasteiger partial charge is 0.332 e. The third kappa shape index (κ3) is 1.96. The Morgan fingerprint density at radius 2 is 2.00 bits per heavy atom. The molecule has 2 rings (SSSR count). The van der Waals surface area contributed by atoms with Crippen molar-refractivity contribution in [3.05, 3.63) is 10.6 Å². The Hall–Kier alpha value is -0.970. The van der Waals surface area contributed by atoms with Gasteiger partial charge < -0.3 is 4.90 Å². The third-order valence-electron chi connectivity index (χ3n) is 3.27. The molecular weight excluding hydrogens is 222 g/mol. The van der Waals surface area contributed by atoms with Gasteiger partial charge in [-0.2, -0.15) is 0 Å². The van der Waals surface area contributed by atoms with Crippen LogP contribution in [0.4, 0.5) is 0 Å². The molecule has 2 heterocycles. The molecule has 1 aliphatic heterocycles. The summed E-state index contributed by atoms with van der Waals surface area (Å²) < 4.78 is 3.83. The van der Waals surface area contributed by atoms with Crippen LogP contribution in [0.5, 0.6) is 0 Å². The van der Waals surface area contributed by atoms with Crippen molar-refractivity contribution in [2.24, 2.45) is 0 Å². The summed E-state index contributed by atoms with van der Waals surface area (Å²) in [5, 5.41) is 3.90. The van der Waals surface area contributed by atoms with E-state index in [-0.39, 0.29) is 5.91 Å². The summed E-state index contributed by atoms with van der Waals surface area (Å²) in [5.41, 5.74) is 0.750. The van der Waals surface area contributed by atoms with Crippen molar-refractivity contribution in [2.45, 2.75) is 52.1 Å². The topological polar surface area (TPSA) is 46.1 Å². The zero-order valence-electron chi connectivity index (χ0n) is 9.93. The maximum atomic E-state index is 12.4. The lowest BCUT2D eigenvalue weighted by atomic mass is 9.97. The van der Waals surface area contributed by atoms with Crippen molar-refractivity contribution in [3.8, 4) is 0 Å². The van der Waals surface area contributed by atoms with Crippen LogP contribution in [0.1, 0.15) is 48.5 Å². The van der Waals surface area contributed by atoms with Crippen LogP contribution in [0.3, 0.4) is 0 Å². The van der Waals surface area contributed by atoms with Gasteiger partial charge in [0.25, 0.3) is 5.91 Å². The first-order valence-corrected chi connectivity index (χ1v) is 6.50. The summed E-state index contributed by atoms with van der Waals surface area (Å²) in [6.45, 7) is 6.09. The van der Waals surface area contributed by atoms with E-state index in [4.69, 9.17) is 0 Å². The molecule has 0 aromatic carbocycles. The van der Waals surface area contributed by atoms with Gasteiger partial charge in [-0.25, -0.2) is 0 Å². The lowest BCUT2D eigenvalue weighted by Crippen LogP contribution is -2.47. The van der Waals surface area contributed by atoms with E-state index >= 15 is 0 Å². The van der Waals surface area contributed by atoms with Crippen LogP contribution >= 0.6 is 11.5 Å². The minimum Gasteiger partial charge on any atom is -0.332 e. The Labute approximate surface area is 99.8 Å². The zero-order valence-corrected chi connectivity index (χ0v) is 10.8. The van der Waals surface area contributed by atoms with E-state index < -0.39 is 0 Å². The second kappa shape index (κ2) is 4.49. The Bertz CT molecular complexity index is 380. The van der Waals surface area contributed by atoms with Crippen LogP contribution in [-0.2, 0) is 0 Å². The van der Waals surface area contributed by atoms with E-state index in [1.165, 1.54) is 18.0 Å². The van der Waals surface area contributed by atoms with Crippen molar-refractivity contribution < 1.29 is 4.79 Å². The maximum Gasteiger partial charge on any atom is 0.267 e. The number of likely N-dealkylation sites (tertiary alicyclic amines) is 1. The van der Waals surface area contributed by atoms with Crippen LogP contribution in [-0.4, -0.2) is 32.5 Å². The number of hydrogen-bond acceptors (Lipinski definition) is 4. The Kier molecular flexibility index (Phi) is 3.23. The first-order chi connectivity index (χ1) is 7.61. The molecule has 1 aromatic heterocycles. The summed E-state index contributed by atoms with van der Waals surface area (Å²) in [6, 6.07) is 0.662. The molecule has 1 saturated heterocycles. The number of piperidine rings is 1. The Morgan fingerprint density at radius 3 is 2.50 bits per heavy atom. The number of aromatic nitrogens is 2. The first-order valence-electron chi connectivity index (χ1n) is 5.73. The lowest BCUT2D eigenvalue weighted by Gasteiger charge is -2.38. The van der Waals surface area contributed by atoms with E-state index in [0.717, 1.165) is 18.5 Å². The summed E-state index contributed by atoms with van der Waals surface area (Å²) in [6.07, 6.45) is 3.41. The highest BCUT2D eigenvalue weighted by Gasteiger charge is 2.31. The SMILES string of the molecule is Cc1nnsc1C(=O)N1[C@H](C)CCC[C@@H]1C. The molecule has 0 saturated carbocycles. The fraction of sp³-hybridized carbons (Fsp3) is 0.727. The van der Waals surface area contributed by atoms with Gasteiger partial charge in [0.1, 0.15) is 4.88 Å². The van der Waals surface area contributed by atoms with Gasteiger partial charge in [-0.1, -0.05) is 4.49 Å². The second-order valence-electron chi connectivity index (χ2n) is 4.53. The standard InChI is InChI=1S/C11H17N3OS/c1-7-5-4-6-8(2)14(7)11(15)10-9(3)12-13-16-10/h7-8H,4-6H2,1-3H3/t7-,8+. The minimum atomic E-state index is 0.104. The van der Waals surface area contributed by atoms with Crippen molar-refractivity contribution in [3.63, 3.8) is 0 Å². The molecule has 0 aliphatic carbocycles. The van der Waals surface area contributed by atoms with Crippen LogP contribution < -0.4 is 0 Å². The fourth-order valence-electron chi connectivity index (χ4n) is 2.37. The van der Waals surface area contributed by atoms with E-state index in [1.807, 2.05) is 11.8 Å². The monoisotopic (exact) mass is 239 g/mol. The van der Waals surface area contributed by atoms with Gasteiger partial charge in [-0.15, -0.1) is 5.10 Å². The molecule has 0 unspecified atom stereocenters. The normalized spacial score (nSPS) is 25.8. The number of aryl methyl sites for hydroxylation is 1. The quantitative estimate of drug-likeness (QED) is 0.755. The zero-order chi connectivity index (χ0) is 11.7. The number of carbonyl (C=O) groups excluding carboxylic acids is 1. The predicted octanol–water partition coefficient (Wildman–Crippen LogP) is 2.25. The number of carbonyl (C=O) groups is 1. The average Bonchev–Trinajstić information content (AvgIpc) is 2.64. The molecule has 4 nitrogen and oxygen atoms in total. The molecule has 1 aliphatic rings. The molecule has 1 aromatic rings. The summed E-state index contributed by atoms with van der Waals surface area (Å²) in [5.74, 6) is 0.104. The van der Waals surface area contributed by atoms with Crippen LogP contribution in [0.2, 0.25) is 0 Å². The molecule has 0 N–H and O–H groups in total. The summed E-state index contributed by atoms with van der Waals surface area (Å²) in [7, 11) is 0. The Morgan fingerprint density at radius 1 is 1.38 bits per heavy atom. The highest BCUT2D eigenvalue weighted by molar-refractivity contribution is 7.07. The number of nitrogens with zero attached hydrogens (tertiary/aromatic N) is 3. The second-order valence-corrected chi connectivity index (χ2v) is 5.28. The minimum absolute atomic E-state index is 0.104. The third-order valence-corrected chi connectivity index (χ3v) is 4.09. The van der Waals surface area contributed by atoms with Gasteiger partial charge in [0.05, 0.1) is 5.69 Å². The molecule has 2 atom stereocenters. The van der Waals surface area contributed by atoms with Gasteiger partial charge in [0.15, 0.2) is 0 Å². The van der Waals surface area contributed by atoms with Crippen LogP contribution in [0, 0.1) is 6.92 Å². The molecule has 0 spiro atoms. The fourth-order valence-corrected chi connectivity index (χ4v) is 2.97. The van der Waals surface area contributed by atoms with Crippen molar-refractivity contribution in [2.75, 3.05) is 0 Å². The molecule has 88 valence electrons. The van der Waals surface area contributed by atoms with E-state index in [2.05, 4.69) is 23.4 Å². The number of rotatable bonds is 1. The highest BCUT2D eigenvalue weighted by Crippen LogP contribution is 2.25. The number of hydrogen-bond donors (Lipinski definition) is 0. The Balaban J connectivity index is 2.23. The highest BCUT2D eigenvalue weighted by atomic mass is 32.1. The average molecular weight is 239 g/mol. The van der Waals surface area contributed by atoms with Crippen molar-refractivity contribution in [1.82, 2.24) is 14.5 Å². The van der Waals surface area contributed by atoms with Crippen LogP contribution in [0.15, 0.2) is 0 Å². The summed E-state index contributed by atoms with van der Waals surface area (Å²) >= 11 is 1.20. The molecule has 16 heavy (non-hydrogen) atoms. The van der Waals surface area contributed by atoms with E-state index in [0.29, 0.717) is 17.0 Å². The molecular formula is C11H17N3OS. The lowest BCUT2D eigenvalue weighted by molar-refractivity contribution is 0.0515.